The van der Waals surface area contributed by atoms with Crippen molar-refractivity contribution in [1.82, 2.24) is 9.62 Å². The molecule has 0 aromatic heterocycles. The fourth-order valence-corrected chi connectivity index (χ4v) is 5.41. The Morgan fingerprint density at radius 2 is 1.84 bits per heavy atom. The fourth-order valence-electron chi connectivity index (χ4n) is 3.71. The Bertz CT molecular complexity index is 1020. The van der Waals surface area contributed by atoms with E-state index in [1.165, 1.54) is 22.5 Å². The quantitative estimate of drug-likeness (QED) is 0.647. The van der Waals surface area contributed by atoms with Crippen molar-refractivity contribution < 1.29 is 17.9 Å². The highest BCUT2D eigenvalue weighted by Gasteiger charge is 2.29. The van der Waals surface area contributed by atoms with Gasteiger partial charge in [0, 0.05) is 13.1 Å². The van der Waals surface area contributed by atoms with Crippen LogP contribution in [0.25, 0.3) is 0 Å². The third-order valence-electron chi connectivity index (χ3n) is 5.79. The Kier molecular flexibility index (Phi) is 7.62. The number of piperidine rings is 1. The SMILES string of the molecule is CC[C@@H](NC(=O)c1cc(S(=O)(=O)N2CCC(C)CC2)ccc1Cl)c1ccc(OC)cc1. The smallest absolute Gasteiger partial charge is 0.253 e. The van der Waals surface area contributed by atoms with E-state index in [9.17, 15) is 13.2 Å². The molecule has 0 bridgehead atoms. The molecule has 2 aromatic rings. The minimum Gasteiger partial charge on any atom is -0.497 e. The Labute approximate surface area is 189 Å². The van der Waals surface area contributed by atoms with Crippen molar-refractivity contribution in [3.63, 3.8) is 0 Å². The summed E-state index contributed by atoms with van der Waals surface area (Å²) >= 11 is 6.27. The number of benzene rings is 2. The van der Waals surface area contributed by atoms with Gasteiger partial charge in [-0.3, -0.25) is 4.79 Å². The zero-order valence-electron chi connectivity index (χ0n) is 18.1. The Morgan fingerprint density at radius 3 is 2.42 bits per heavy atom. The number of carbonyl (C=O) groups excluding carboxylic acids is 1. The molecule has 1 N–H and O–H groups in total. The number of carbonyl (C=O) groups is 1. The highest BCUT2D eigenvalue weighted by Crippen LogP contribution is 2.27. The number of amides is 1. The lowest BCUT2D eigenvalue weighted by molar-refractivity contribution is 0.0935. The molecular formula is C23H29ClN2O4S. The number of nitrogens with zero attached hydrogens (tertiary/aromatic N) is 1. The van der Waals surface area contributed by atoms with Gasteiger partial charge in [-0.2, -0.15) is 4.31 Å². The molecule has 3 rings (SSSR count). The van der Waals surface area contributed by atoms with Crippen LogP contribution in [0.5, 0.6) is 5.75 Å². The predicted octanol–water partition coefficient (Wildman–Crippen LogP) is 4.65. The highest BCUT2D eigenvalue weighted by atomic mass is 35.5. The molecule has 1 fully saturated rings. The molecule has 1 saturated heterocycles. The van der Waals surface area contributed by atoms with E-state index >= 15 is 0 Å². The van der Waals surface area contributed by atoms with Gasteiger partial charge in [0.15, 0.2) is 0 Å². The molecule has 1 heterocycles. The molecule has 1 atom stereocenters. The van der Waals surface area contributed by atoms with Crippen molar-refractivity contribution in [2.24, 2.45) is 5.92 Å². The van der Waals surface area contributed by atoms with Crippen LogP contribution in [0.3, 0.4) is 0 Å². The number of sulfonamides is 1. The van der Waals surface area contributed by atoms with E-state index < -0.39 is 15.9 Å². The topological polar surface area (TPSA) is 75.7 Å². The summed E-state index contributed by atoms with van der Waals surface area (Å²) in [6.07, 6.45) is 2.33. The zero-order chi connectivity index (χ0) is 22.6. The van der Waals surface area contributed by atoms with Gasteiger partial charge in [0.25, 0.3) is 5.91 Å². The van der Waals surface area contributed by atoms with Crippen molar-refractivity contribution in [3.8, 4) is 5.75 Å². The normalized spacial score (nSPS) is 16.6. The van der Waals surface area contributed by atoms with Crippen LogP contribution >= 0.6 is 11.6 Å². The summed E-state index contributed by atoms with van der Waals surface area (Å²) in [5.74, 6) is 0.844. The third kappa shape index (κ3) is 5.40. The second-order valence-corrected chi connectivity index (χ2v) is 10.3. The van der Waals surface area contributed by atoms with Gasteiger partial charge in [-0.05, 0) is 61.1 Å². The van der Waals surface area contributed by atoms with Gasteiger partial charge in [0.05, 0.1) is 28.6 Å². The summed E-state index contributed by atoms with van der Waals surface area (Å²) in [4.78, 5) is 13.1. The van der Waals surface area contributed by atoms with E-state index in [1.54, 1.807) is 7.11 Å². The molecule has 8 heteroatoms. The van der Waals surface area contributed by atoms with Gasteiger partial charge in [-0.25, -0.2) is 8.42 Å². The lowest BCUT2D eigenvalue weighted by Gasteiger charge is -2.29. The molecule has 0 radical (unpaired) electrons. The molecule has 1 aliphatic rings. The highest BCUT2D eigenvalue weighted by molar-refractivity contribution is 7.89. The monoisotopic (exact) mass is 464 g/mol. The second kappa shape index (κ2) is 10.0. The molecule has 0 aliphatic carbocycles. The fraction of sp³-hybridized carbons (Fsp3) is 0.435. The average molecular weight is 465 g/mol. The number of ether oxygens (including phenoxy) is 1. The summed E-state index contributed by atoms with van der Waals surface area (Å²) in [5.41, 5.74) is 1.08. The minimum atomic E-state index is -3.67. The third-order valence-corrected chi connectivity index (χ3v) is 8.02. The summed E-state index contributed by atoms with van der Waals surface area (Å²) < 4.78 is 32.8. The number of methoxy groups -OCH3 is 1. The molecular weight excluding hydrogens is 436 g/mol. The molecule has 6 nitrogen and oxygen atoms in total. The maximum Gasteiger partial charge on any atom is 0.253 e. The molecule has 1 amide bonds. The van der Waals surface area contributed by atoms with Crippen molar-refractivity contribution in [1.29, 1.82) is 0 Å². The first-order chi connectivity index (χ1) is 14.8. The van der Waals surface area contributed by atoms with E-state index in [2.05, 4.69) is 12.2 Å². The number of hydrogen-bond acceptors (Lipinski definition) is 4. The van der Waals surface area contributed by atoms with Crippen molar-refractivity contribution in [2.45, 2.75) is 44.0 Å². The van der Waals surface area contributed by atoms with Crippen LogP contribution in [0.15, 0.2) is 47.4 Å². The van der Waals surface area contributed by atoms with Crippen LogP contribution in [0.4, 0.5) is 0 Å². The van der Waals surface area contributed by atoms with Gasteiger partial charge < -0.3 is 10.1 Å². The Balaban J connectivity index is 1.82. The Morgan fingerprint density at radius 1 is 1.19 bits per heavy atom. The van der Waals surface area contributed by atoms with Gasteiger partial charge in [-0.15, -0.1) is 0 Å². The molecule has 0 unspecified atom stereocenters. The van der Waals surface area contributed by atoms with E-state index in [0.717, 1.165) is 24.2 Å². The molecule has 2 aromatic carbocycles. The van der Waals surface area contributed by atoms with Crippen molar-refractivity contribution in [2.75, 3.05) is 20.2 Å². The molecule has 0 saturated carbocycles. The van der Waals surface area contributed by atoms with Crippen LogP contribution < -0.4 is 10.1 Å². The van der Waals surface area contributed by atoms with Crippen LogP contribution in [0.1, 0.15) is 55.1 Å². The summed E-state index contributed by atoms with van der Waals surface area (Å²) in [6, 6.07) is 11.6. The van der Waals surface area contributed by atoms with Crippen molar-refractivity contribution >= 4 is 27.5 Å². The van der Waals surface area contributed by atoms with Crippen molar-refractivity contribution in [3.05, 3.63) is 58.6 Å². The zero-order valence-corrected chi connectivity index (χ0v) is 19.7. The maximum absolute atomic E-state index is 13.1. The summed E-state index contributed by atoms with van der Waals surface area (Å²) in [7, 11) is -2.07. The first-order valence-electron chi connectivity index (χ1n) is 10.5. The van der Waals surface area contributed by atoms with E-state index in [4.69, 9.17) is 16.3 Å². The maximum atomic E-state index is 13.1. The Hall–Kier alpha value is -2.09. The van der Waals surface area contributed by atoms with Crippen LogP contribution in [0, 0.1) is 5.92 Å². The summed E-state index contributed by atoms with van der Waals surface area (Å²) in [5, 5.41) is 3.18. The van der Waals surface area contributed by atoms with Crippen LogP contribution in [-0.4, -0.2) is 38.8 Å². The number of rotatable bonds is 7. The largest absolute Gasteiger partial charge is 0.497 e. The van der Waals surface area contributed by atoms with E-state index in [1.807, 2.05) is 31.2 Å². The summed E-state index contributed by atoms with van der Waals surface area (Å²) in [6.45, 7) is 5.07. The number of nitrogens with one attached hydrogen (secondary N) is 1. The standard InChI is InChI=1S/C23H29ClN2O4S/c1-4-22(17-5-7-18(30-3)8-6-17)25-23(27)20-15-19(9-10-21(20)24)31(28,29)26-13-11-16(2)12-14-26/h5-10,15-16,22H,4,11-14H2,1-3H3,(H,25,27)/t22-/m1/s1. The second-order valence-electron chi connectivity index (χ2n) is 7.94. The molecule has 31 heavy (non-hydrogen) atoms. The lowest BCUT2D eigenvalue weighted by atomic mass is 10.0. The first-order valence-corrected chi connectivity index (χ1v) is 12.3. The minimum absolute atomic E-state index is 0.0918. The van der Waals surface area contributed by atoms with Crippen LogP contribution in [0.2, 0.25) is 5.02 Å². The molecule has 0 spiro atoms. The predicted molar refractivity (Wildman–Crippen MR) is 122 cm³/mol. The number of hydrogen-bond donors (Lipinski definition) is 1. The van der Waals surface area contributed by atoms with Gasteiger partial charge in [0.2, 0.25) is 10.0 Å². The lowest BCUT2D eigenvalue weighted by Crippen LogP contribution is -2.38. The van der Waals surface area contributed by atoms with Gasteiger partial charge >= 0.3 is 0 Å². The average Bonchev–Trinajstić information content (AvgIpc) is 2.78. The van der Waals surface area contributed by atoms with Crippen LogP contribution in [-0.2, 0) is 10.0 Å². The van der Waals surface area contributed by atoms with Gasteiger partial charge in [0.1, 0.15) is 5.75 Å². The molecule has 1 aliphatic heterocycles. The van der Waals surface area contributed by atoms with Gasteiger partial charge in [-0.1, -0.05) is 37.6 Å². The number of halogens is 1. The van der Waals surface area contributed by atoms with E-state index in [-0.39, 0.29) is 21.5 Å². The molecule has 168 valence electrons. The van der Waals surface area contributed by atoms with E-state index in [0.29, 0.717) is 25.4 Å². The first kappa shape index (κ1) is 23.6.